The zero-order valence-corrected chi connectivity index (χ0v) is 20.4. The molecule has 5 nitrogen and oxygen atoms in total. The van der Waals surface area contributed by atoms with Crippen LogP contribution in [-0.4, -0.2) is 34.9 Å². The number of amides is 2. The third-order valence-electron chi connectivity index (χ3n) is 5.14. The summed E-state index contributed by atoms with van der Waals surface area (Å²) < 4.78 is 5.78. The average molecular weight is 439 g/mol. The summed E-state index contributed by atoms with van der Waals surface area (Å²) >= 11 is 0. The molecular formula is C27H38N2O3. The molecule has 0 radical (unpaired) electrons. The number of benzene rings is 2. The summed E-state index contributed by atoms with van der Waals surface area (Å²) in [7, 11) is 0. The molecular weight excluding hydrogens is 400 g/mol. The predicted octanol–water partition coefficient (Wildman–Crippen LogP) is 5.18. The summed E-state index contributed by atoms with van der Waals surface area (Å²) in [5.74, 6) is 0.655. The highest BCUT2D eigenvalue weighted by atomic mass is 16.5. The first-order valence-corrected chi connectivity index (χ1v) is 11.5. The Hall–Kier alpha value is -2.82. The van der Waals surface area contributed by atoms with Gasteiger partial charge in [0.1, 0.15) is 11.8 Å². The van der Waals surface area contributed by atoms with Crippen LogP contribution in [0.1, 0.15) is 63.6 Å². The van der Waals surface area contributed by atoms with Crippen molar-refractivity contribution in [2.45, 2.75) is 78.9 Å². The van der Waals surface area contributed by atoms with Crippen LogP contribution in [0.15, 0.2) is 48.5 Å². The van der Waals surface area contributed by atoms with Gasteiger partial charge in [-0.3, -0.25) is 9.59 Å². The third-order valence-corrected chi connectivity index (χ3v) is 5.14. The van der Waals surface area contributed by atoms with Crippen LogP contribution in [-0.2, 0) is 16.1 Å². The first-order valence-electron chi connectivity index (χ1n) is 11.5. The molecule has 0 heterocycles. The van der Waals surface area contributed by atoms with Gasteiger partial charge in [0.25, 0.3) is 0 Å². The number of ether oxygens (including phenoxy) is 1. The van der Waals surface area contributed by atoms with Crippen molar-refractivity contribution in [3.05, 3.63) is 65.2 Å². The standard InChI is InChI=1S/C27H38N2O3/c1-7-24(26(31)28-27(4,5)6)29(19-22-11-8-10-21(3)18-22)25(30)12-9-17-32-23-15-13-20(2)14-16-23/h8,10-11,13-16,18,24H,7,9,12,17,19H2,1-6H3,(H,28,31)/t24-/m0/s1. The zero-order valence-electron chi connectivity index (χ0n) is 20.4. The smallest absolute Gasteiger partial charge is 0.243 e. The van der Waals surface area contributed by atoms with Crippen LogP contribution in [0.25, 0.3) is 0 Å². The second-order valence-corrected chi connectivity index (χ2v) is 9.44. The third kappa shape index (κ3) is 8.37. The minimum Gasteiger partial charge on any atom is -0.494 e. The molecule has 1 atom stereocenters. The van der Waals surface area contributed by atoms with E-state index in [0.29, 0.717) is 32.4 Å². The van der Waals surface area contributed by atoms with Crippen LogP contribution in [0, 0.1) is 13.8 Å². The van der Waals surface area contributed by atoms with Crippen LogP contribution < -0.4 is 10.1 Å². The molecule has 0 bridgehead atoms. The van der Waals surface area contributed by atoms with Gasteiger partial charge in [-0.05, 0) is 65.2 Å². The molecule has 0 spiro atoms. The van der Waals surface area contributed by atoms with Gasteiger partial charge >= 0.3 is 0 Å². The fourth-order valence-electron chi connectivity index (χ4n) is 3.57. The highest BCUT2D eigenvalue weighted by molar-refractivity contribution is 5.88. The molecule has 1 N–H and O–H groups in total. The van der Waals surface area contributed by atoms with Gasteiger partial charge in [-0.2, -0.15) is 0 Å². The average Bonchev–Trinajstić information content (AvgIpc) is 2.71. The minimum atomic E-state index is -0.514. The quantitative estimate of drug-likeness (QED) is 0.520. The molecule has 2 rings (SSSR count). The molecule has 5 heteroatoms. The van der Waals surface area contributed by atoms with Crippen LogP contribution in [0.4, 0.5) is 0 Å². The fraction of sp³-hybridized carbons (Fsp3) is 0.481. The Labute approximate surface area is 193 Å². The first-order chi connectivity index (χ1) is 15.1. The Kier molecular flexibility index (Phi) is 9.30. The summed E-state index contributed by atoms with van der Waals surface area (Å²) in [5.41, 5.74) is 2.98. The van der Waals surface area contributed by atoms with Crippen molar-refractivity contribution in [2.24, 2.45) is 0 Å². The zero-order chi connectivity index (χ0) is 23.7. The first kappa shape index (κ1) is 25.4. The fourth-order valence-corrected chi connectivity index (χ4v) is 3.57. The minimum absolute atomic E-state index is 0.0325. The number of hydrogen-bond acceptors (Lipinski definition) is 3. The number of hydrogen-bond donors (Lipinski definition) is 1. The van der Waals surface area contributed by atoms with Crippen molar-refractivity contribution in [1.29, 1.82) is 0 Å². The Bertz CT molecular complexity index is 885. The molecule has 174 valence electrons. The SMILES string of the molecule is CC[C@@H](C(=O)NC(C)(C)C)N(Cc1cccc(C)c1)C(=O)CCCOc1ccc(C)cc1. The number of carbonyl (C=O) groups excluding carboxylic acids is 2. The van der Waals surface area contributed by atoms with Crippen molar-refractivity contribution >= 4 is 11.8 Å². The lowest BCUT2D eigenvalue weighted by Gasteiger charge is -2.33. The summed E-state index contributed by atoms with van der Waals surface area (Å²) in [6.45, 7) is 12.7. The molecule has 0 aliphatic rings. The van der Waals surface area contributed by atoms with Crippen molar-refractivity contribution in [2.75, 3.05) is 6.61 Å². The second kappa shape index (κ2) is 11.7. The summed E-state index contributed by atoms with van der Waals surface area (Å²) in [5, 5.41) is 3.04. The molecule has 0 aliphatic carbocycles. The lowest BCUT2D eigenvalue weighted by molar-refractivity contribution is -0.142. The van der Waals surface area contributed by atoms with Crippen LogP contribution in [0.3, 0.4) is 0 Å². The Balaban J connectivity index is 2.08. The molecule has 0 unspecified atom stereocenters. The van der Waals surface area contributed by atoms with E-state index in [1.54, 1.807) is 4.90 Å². The molecule has 0 aromatic heterocycles. The lowest BCUT2D eigenvalue weighted by atomic mass is 10.0. The van der Waals surface area contributed by atoms with Gasteiger partial charge in [-0.25, -0.2) is 0 Å². The van der Waals surface area contributed by atoms with Gasteiger partial charge in [0.05, 0.1) is 6.61 Å². The van der Waals surface area contributed by atoms with Crippen molar-refractivity contribution < 1.29 is 14.3 Å². The van der Waals surface area contributed by atoms with E-state index in [-0.39, 0.29) is 17.4 Å². The molecule has 0 fully saturated rings. The van der Waals surface area contributed by atoms with E-state index in [9.17, 15) is 9.59 Å². The van der Waals surface area contributed by atoms with Crippen LogP contribution in [0.5, 0.6) is 5.75 Å². The van der Waals surface area contributed by atoms with Crippen molar-refractivity contribution in [3.63, 3.8) is 0 Å². The number of carbonyl (C=O) groups is 2. The van der Waals surface area contributed by atoms with Gasteiger partial charge < -0.3 is 15.0 Å². The molecule has 2 aromatic rings. The van der Waals surface area contributed by atoms with Gasteiger partial charge in [-0.15, -0.1) is 0 Å². The second-order valence-electron chi connectivity index (χ2n) is 9.44. The van der Waals surface area contributed by atoms with Gasteiger partial charge in [0, 0.05) is 18.5 Å². The topological polar surface area (TPSA) is 58.6 Å². The maximum atomic E-state index is 13.2. The van der Waals surface area contributed by atoms with E-state index in [4.69, 9.17) is 4.74 Å². The van der Waals surface area contributed by atoms with Crippen LogP contribution >= 0.6 is 0 Å². The maximum Gasteiger partial charge on any atom is 0.243 e. The number of rotatable bonds is 10. The predicted molar refractivity (Wildman–Crippen MR) is 130 cm³/mol. The largest absolute Gasteiger partial charge is 0.494 e. The maximum absolute atomic E-state index is 13.2. The van der Waals surface area contributed by atoms with Crippen molar-refractivity contribution in [1.82, 2.24) is 10.2 Å². The number of nitrogens with zero attached hydrogens (tertiary/aromatic N) is 1. The Morgan fingerprint density at radius 2 is 1.72 bits per heavy atom. The van der Waals surface area contributed by atoms with E-state index >= 15 is 0 Å². The van der Waals surface area contributed by atoms with E-state index < -0.39 is 6.04 Å². The Morgan fingerprint density at radius 1 is 1.03 bits per heavy atom. The monoisotopic (exact) mass is 438 g/mol. The number of aryl methyl sites for hydroxylation is 2. The molecule has 32 heavy (non-hydrogen) atoms. The molecule has 2 aromatic carbocycles. The molecule has 0 saturated heterocycles. The molecule has 0 saturated carbocycles. The van der Waals surface area contributed by atoms with E-state index in [2.05, 4.69) is 11.4 Å². The van der Waals surface area contributed by atoms with Gasteiger partial charge in [0.15, 0.2) is 0 Å². The highest BCUT2D eigenvalue weighted by Gasteiger charge is 2.30. The molecule has 2 amide bonds. The van der Waals surface area contributed by atoms with Gasteiger partial charge in [-0.1, -0.05) is 54.4 Å². The van der Waals surface area contributed by atoms with E-state index in [1.807, 2.05) is 84.0 Å². The molecule has 0 aliphatic heterocycles. The lowest BCUT2D eigenvalue weighted by Crippen LogP contribution is -2.53. The highest BCUT2D eigenvalue weighted by Crippen LogP contribution is 2.17. The summed E-state index contributed by atoms with van der Waals surface area (Å²) in [4.78, 5) is 28.0. The van der Waals surface area contributed by atoms with Crippen molar-refractivity contribution in [3.8, 4) is 5.75 Å². The number of nitrogens with one attached hydrogen (secondary N) is 1. The van der Waals surface area contributed by atoms with E-state index in [0.717, 1.165) is 16.9 Å². The summed E-state index contributed by atoms with van der Waals surface area (Å²) in [6, 6.07) is 15.4. The van der Waals surface area contributed by atoms with E-state index in [1.165, 1.54) is 5.56 Å². The Morgan fingerprint density at radius 3 is 2.31 bits per heavy atom. The van der Waals surface area contributed by atoms with Gasteiger partial charge in [0.2, 0.25) is 11.8 Å². The van der Waals surface area contributed by atoms with Crippen LogP contribution in [0.2, 0.25) is 0 Å². The summed E-state index contributed by atoms with van der Waals surface area (Å²) in [6.07, 6.45) is 1.48. The normalized spacial score (nSPS) is 12.2.